The van der Waals surface area contributed by atoms with Gasteiger partial charge in [0.25, 0.3) is 0 Å². The summed E-state index contributed by atoms with van der Waals surface area (Å²) < 4.78 is 0. The molecule has 0 aliphatic carbocycles. The van der Waals surface area contributed by atoms with E-state index >= 15 is 0 Å². The van der Waals surface area contributed by atoms with E-state index in [9.17, 15) is 0 Å². The molecular formula is C13H24N2. The van der Waals surface area contributed by atoms with Crippen LogP contribution < -0.4 is 0 Å². The van der Waals surface area contributed by atoms with Gasteiger partial charge in [-0.2, -0.15) is 0 Å². The van der Waals surface area contributed by atoms with Gasteiger partial charge < -0.3 is 9.80 Å². The van der Waals surface area contributed by atoms with Crippen molar-refractivity contribution in [2.45, 2.75) is 26.7 Å². The van der Waals surface area contributed by atoms with Crippen LogP contribution in [-0.4, -0.2) is 49.1 Å². The fourth-order valence-electron chi connectivity index (χ4n) is 2.99. The van der Waals surface area contributed by atoms with Crippen molar-refractivity contribution < 1.29 is 0 Å². The molecule has 0 aromatic rings. The number of hydrogen-bond donors (Lipinski definition) is 0. The molecule has 2 bridgehead atoms. The van der Waals surface area contributed by atoms with E-state index in [1.807, 2.05) is 0 Å². The molecule has 2 radical (unpaired) electrons. The van der Waals surface area contributed by atoms with Crippen molar-refractivity contribution in [3.63, 3.8) is 0 Å². The molecule has 0 spiro atoms. The number of hydrogen-bond acceptors (Lipinski definition) is 2. The van der Waals surface area contributed by atoms with Crippen LogP contribution in [0.2, 0.25) is 0 Å². The lowest BCUT2D eigenvalue weighted by molar-refractivity contribution is 0.130. The number of piperidine rings is 2. The fraction of sp³-hybridized carbons (Fsp3) is 0.846. The summed E-state index contributed by atoms with van der Waals surface area (Å²) in [6.07, 6.45) is 5.12. The first-order valence-electron chi connectivity index (χ1n) is 6.46. The van der Waals surface area contributed by atoms with Gasteiger partial charge in [-0.25, -0.2) is 0 Å². The predicted molar refractivity (Wildman–Crippen MR) is 64.5 cm³/mol. The maximum absolute atomic E-state index is 2.63. The maximum Gasteiger partial charge on any atom is 0.00760 e. The van der Waals surface area contributed by atoms with Gasteiger partial charge >= 0.3 is 0 Å². The number of fused-ring (bicyclic) bond motifs is 2. The van der Waals surface area contributed by atoms with Gasteiger partial charge in [-0.05, 0) is 38.3 Å². The Hall–Kier alpha value is -0.0800. The molecule has 2 rings (SSSR count). The SMILES string of the molecule is CCCN1C[C]2[CH]C(C1)CN(CCC)C2. The molecule has 0 atom stereocenters. The maximum atomic E-state index is 2.63. The number of nitrogens with zero attached hydrogens (tertiary/aromatic N) is 2. The zero-order chi connectivity index (χ0) is 10.7. The minimum absolute atomic E-state index is 0.806. The zero-order valence-corrected chi connectivity index (χ0v) is 10.2. The van der Waals surface area contributed by atoms with Crippen LogP contribution in [0.15, 0.2) is 0 Å². The Balaban J connectivity index is 1.85. The van der Waals surface area contributed by atoms with Crippen LogP contribution in [0.1, 0.15) is 26.7 Å². The molecule has 2 fully saturated rings. The van der Waals surface area contributed by atoms with E-state index in [1.54, 1.807) is 5.92 Å². The smallest absolute Gasteiger partial charge is 0.00760 e. The average molecular weight is 208 g/mol. The summed E-state index contributed by atoms with van der Waals surface area (Å²) >= 11 is 0. The highest BCUT2D eigenvalue weighted by Crippen LogP contribution is 2.28. The second-order valence-electron chi connectivity index (χ2n) is 5.06. The van der Waals surface area contributed by atoms with Crippen molar-refractivity contribution in [2.75, 3.05) is 39.3 Å². The Morgan fingerprint density at radius 2 is 1.60 bits per heavy atom. The first kappa shape index (κ1) is 11.4. The number of rotatable bonds is 4. The van der Waals surface area contributed by atoms with E-state index in [1.165, 1.54) is 52.1 Å². The summed E-state index contributed by atoms with van der Waals surface area (Å²) in [6.45, 7) is 12.2. The van der Waals surface area contributed by atoms with Crippen LogP contribution in [0.25, 0.3) is 0 Å². The Labute approximate surface area is 94.6 Å². The molecule has 2 aliphatic rings. The van der Waals surface area contributed by atoms with Crippen LogP contribution in [0.5, 0.6) is 0 Å². The quantitative estimate of drug-likeness (QED) is 0.695. The molecule has 2 heterocycles. The third-order valence-electron chi connectivity index (χ3n) is 3.39. The first-order chi connectivity index (χ1) is 7.31. The second kappa shape index (κ2) is 5.31. The minimum atomic E-state index is 0.806. The van der Waals surface area contributed by atoms with Crippen LogP contribution in [0, 0.1) is 18.3 Å². The second-order valence-corrected chi connectivity index (χ2v) is 5.06. The molecule has 0 amide bonds. The first-order valence-corrected chi connectivity index (χ1v) is 6.46. The summed E-state index contributed by atoms with van der Waals surface area (Å²) in [5.41, 5.74) is 0. The molecule has 2 saturated heterocycles. The minimum Gasteiger partial charge on any atom is -0.302 e. The normalized spacial score (nSPS) is 26.0. The summed E-state index contributed by atoms with van der Waals surface area (Å²) in [7, 11) is 0. The van der Waals surface area contributed by atoms with Gasteiger partial charge in [0.05, 0.1) is 0 Å². The van der Waals surface area contributed by atoms with Crippen LogP contribution in [0.3, 0.4) is 0 Å². The van der Waals surface area contributed by atoms with Crippen molar-refractivity contribution in [2.24, 2.45) is 5.92 Å². The van der Waals surface area contributed by atoms with Crippen molar-refractivity contribution in [1.29, 1.82) is 0 Å². The van der Waals surface area contributed by atoms with E-state index in [-0.39, 0.29) is 0 Å². The molecule has 0 aromatic heterocycles. The van der Waals surface area contributed by atoms with Gasteiger partial charge in [0.15, 0.2) is 0 Å². The largest absolute Gasteiger partial charge is 0.302 e. The molecule has 2 heteroatoms. The van der Waals surface area contributed by atoms with E-state index in [4.69, 9.17) is 0 Å². The summed E-state index contributed by atoms with van der Waals surface area (Å²) in [4.78, 5) is 5.26. The molecule has 0 saturated carbocycles. The fourth-order valence-corrected chi connectivity index (χ4v) is 2.99. The number of likely N-dealkylation sites (tertiary alicyclic amines) is 2. The predicted octanol–water partition coefficient (Wildman–Crippen LogP) is 1.83. The van der Waals surface area contributed by atoms with E-state index in [0.717, 1.165) is 5.92 Å². The Kier molecular flexibility index (Phi) is 4.04. The van der Waals surface area contributed by atoms with E-state index < -0.39 is 0 Å². The van der Waals surface area contributed by atoms with E-state index in [0.29, 0.717) is 0 Å². The summed E-state index contributed by atoms with van der Waals surface area (Å²) in [5.74, 6) is 2.47. The lowest BCUT2D eigenvalue weighted by Crippen LogP contribution is -2.52. The van der Waals surface area contributed by atoms with Gasteiger partial charge in [0, 0.05) is 32.1 Å². The lowest BCUT2D eigenvalue weighted by Gasteiger charge is -2.45. The molecule has 15 heavy (non-hydrogen) atoms. The van der Waals surface area contributed by atoms with Crippen LogP contribution in [0.4, 0.5) is 0 Å². The van der Waals surface area contributed by atoms with Crippen molar-refractivity contribution in [1.82, 2.24) is 9.80 Å². The highest BCUT2D eigenvalue weighted by atomic mass is 15.2. The van der Waals surface area contributed by atoms with Gasteiger partial charge in [-0.1, -0.05) is 13.8 Å². The zero-order valence-electron chi connectivity index (χ0n) is 10.2. The average Bonchev–Trinajstić information content (AvgIpc) is 2.17. The van der Waals surface area contributed by atoms with Gasteiger partial charge in [-0.3, -0.25) is 0 Å². The molecule has 2 aliphatic heterocycles. The van der Waals surface area contributed by atoms with E-state index in [2.05, 4.69) is 30.1 Å². The standard InChI is InChI=1S/C13H24N2/c1-3-5-14-8-12-7-13(9-14)11-15(10-12)6-4-2/h7,12H,3-6,8-11H2,1-2H3. The highest BCUT2D eigenvalue weighted by molar-refractivity contribution is 5.17. The van der Waals surface area contributed by atoms with Crippen molar-refractivity contribution >= 4 is 0 Å². The van der Waals surface area contributed by atoms with Crippen LogP contribution in [-0.2, 0) is 0 Å². The summed E-state index contributed by atoms with van der Waals surface area (Å²) in [5, 5.41) is 0. The highest BCUT2D eigenvalue weighted by Gasteiger charge is 2.33. The molecule has 0 N–H and O–H groups in total. The van der Waals surface area contributed by atoms with Gasteiger partial charge in [0.1, 0.15) is 0 Å². The third-order valence-corrected chi connectivity index (χ3v) is 3.39. The van der Waals surface area contributed by atoms with Gasteiger partial charge in [-0.15, -0.1) is 0 Å². The van der Waals surface area contributed by atoms with Crippen molar-refractivity contribution in [3.05, 3.63) is 12.3 Å². The molecule has 0 aromatic carbocycles. The monoisotopic (exact) mass is 208 g/mol. The Morgan fingerprint density at radius 1 is 1.07 bits per heavy atom. The van der Waals surface area contributed by atoms with Gasteiger partial charge in [0.2, 0.25) is 0 Å². The molecule has 0 unspecified atom stereocenters. The van der Waals surface area contributed by atoms with Crippen molar-refractivity contribution in [3.8, 4) is 0 Å². The third kappa shape index (κ3) is 2.94. The Bertz CT molecular complexity index is 161. The molecule has 86 valence electrons. The molecule has 2 nitrogen and oxygen atoms in total. The van der Waals surface area contributed by atoms with Crippen LogP contribution >= 0.6 is 0 Å². The lowest BCUT2D eigenvalue weighted by atomic mass is 9.84. The summed E-state index contributed by atoms with van der Waals surface area (Å²) in [6, 6.07) is 0. The molecular weight excluding hydrogens is 184 g/mol. The topological polar surface area (TPSA) is 6.48 Å². The Morgan fingerprint density at radius 3 is 2.00 bits per heavy atom.